The van der Waals surface area contributed by atoms with Crippen molar-refractivity contribution in [2.45, 2.75) is 25.4 Å². The zero-order valence-corrected chi connectivity index (χ0v) is 12.6. The summed E-state index contributed by atoms with van der Waals surface area (Å²) in [6.45, 7) is 1.73. The maximum atomic E-state index is 12.6. The maximum Gasteiger partial charge on any atom is 0.306 e. The Morgan fingerprint density at radius 2 is 2.14 bits per heavy atom. The van der Waals surface area contributed by atoms with Crippen LogP contribution in [-0.4, -0.2) is 41.6 Å². The zero-order valence-electron chi connectivity index (χ0n) is 11.7. The lowest BCUT2D eigenvalue weighted by Crippen LogP contribution is -2.44. The van der Waals surface area contributed by atoms with Gasteiger partial charge in [-0.3, -0.25) is 9.59 Å². The first-order valence-electron chi connectivity index (χ1n) is 7.31. The van der Waals surface area contributed by atoms with Crippen LogP contribution in [0.2, 0.25) is 0 Å². The van der Waals surface area contributed by atoms with Crippen LogP contribution < -0.4 is 0 Å². The topological polar surface area (TPSA) is 66.8 Å². The van der Waals surface area contributed by atoms with E-state index in [9.17, 15) is 9.59 Å². The number of morpholine rings is 1. The second kappa shape index (κ2) is 6.15. The van der Waals surface area contributed by atoms with E-state index in [-0.39, 0.29) is 23.8 Å². The van der Waals surface area contributed by atoms with Gasteiger partial charge in [0.05, 0.1) is 19.1 Å². The molecule has 6 heteroatoms. The number of carboxylic acids is 1. The van der Waals surface area contributed by atoms with E-state index in [2.05, 4.69) is 0 Å². The lowest BCUT2D eigenvalue weighted by atomic mass is 10.0. The van der Waals surface area contributed by atoms with Gasteiger partial charge in [-0.15, -0.1) is 11.3 Å². The van der Waals surface area contributed by atoms with Crippen molar-refractivity contribution in [2.75, 3.05) is 19.7 Å². The third-order valence-corrected chi connectivity index (χ3v) is 5.33. The van der Waals surface area contributed by atoms with E-state index in [1.807, 2.05) is 22.4 Å². The quantitative estimate of drug-likeness (QED) is 0.929. The molecule has 3 atom stereocenters. The van der Waals surface area contributed by atoms with Crippen molar-refractivity contribution in [3.63, 3.8) is 0 Å². The molecule has 5 nitrogen and oxygen atoms in total. The monoisotopic (exact) mass is 309 g/mol. The molecular weight excluding hydrogens is 290 g/mol. The van der Waals surface area contributed by atoms with Crippen LogP contribution in [0.5, 0.6) is 0 Å². The van der Waals surface area contributed by atoms with Crippen LogP contribution in [0.15, 0.2) is 17.5 Å². The molecule has 0 bridgehead atoms. The van der Waals surface area contributed by atoms with E-state index < -0.39 is 5.97 Å². The smallest absolute Gasteiger partial charge is 0.306 e. The predicted octanol–water partition coefficient (Wildman–Crippen LogP) is 2.15. The molecular formula is C15H19NO4S. The van der Waals surface area contributed by atoms with Crippen molar-refractivity contribution in [2.24, 2.45) is 11.8 Å². The Bertz CT molecular complexity index is 516. The van der Waals surface area contributed by atoms with Gasteiger partial charge in [-0.05, 0) is 30.7 Å². The number of rotatable bonds is 3. The van der Waals surface area contributed by atoms with Gasteiger partial charge in [0, 0.05) is 17.3 Å². The number of hydrogen-bond acceptors (Lipinski definition) is 4. The molecule has 1 aliphatic carbocycles. The van der Waals surface area contributed by atoms with Crippen molar-refractivity contribution in [3.05, 3.63) is 22.4 Å². The van der Waals surface area contributed by atoms with Gasteiger partial charge < -0.3 is 14.7 Å². The van der Waals surface area contributed by atoms with E-state index in [4.69, 9.17) is 9.84 Å². The number of carboxylic acid groups (broad SMARTS) is 1. The van der Waals surface area contributed by atoms with Crippen LogP contribution in [0.1, 0.15) is 30.2 Å². The van der Waals surface area contributed by atoms with Crippen molar-refractivity contribution < 1.29 is 19.4 Å². The molecule has 1 aromatic heterocycles. The number of ether oxygens (including phenoxy) is 1. The summed E-state index contributed by atoms with van der Waals surface area (Å²) in [7, 11) is 0. The van der Waals surface area contributed by atoms with E-state index in [0.29, 0.717) is 39.0 Å². The van der Waals surface area contributed by atoms with E-state index in [0.717, 1.165) is 4.88 Å². The highest BCUT2D eigenvalue weighted by atomic mass is 32.1. The minimum Gasteiger partial charge on any atom is -0.481 e. The fourth-order valence-corrected chi connectivity index (χ4v) is 3.95. The van der Waals surface area contributed by atoms with E-state index >= 15 is 0 Å². The summed E-state index contributed by atoms with van der Waals surface area (Å²) in [5.74, 6) is -1.16. The van der Waals surface area contributed by atoms with Gasteiger partial charge in [0.2, 0.25) is 5.91 Å². The summed E-state index contributed by atoms with van der Waals surface area (Å²) >= 11 is 1.64. The highest BCUT2D eigenvalue weighted by Gasteiger charge is 2.37. The van der Waals surface area contributed by atoms with Gasteiger partial charge in [-0.2, -0.15) is 0 Å². The van der Waals surface area contributed by atoms with E-state index in [1.165, 1.54) is 0 Å². The Balaban J connectivity index is 1.61. The average Bonchev–Trinajstić information content (AvgIpc) is 3.18. The molecule has 114 valence electrons. The number of thiophene rings is 1. The Morgan fingerprint density at radius 1 is 1.33 bits per heavy atom. The lowest BCUT2D eigenvalue weighted by molar-refractivity contribution is -0.144. The first kappa shape index (κ1) is 14.5. The fourth-order valence-electron chi connectivity index (χ4n) is 3.18. The lowest BCUT2D eigenvalue weighted by Gasteiger charge is -2.34. The number of nitrogens with zero attached hydrogens (tertiary/aromatic N) is 1. The summed E-state index contributed by atoms with van der Waals surface area (Å²) in [4.78, 5) is 26.6. The average molecular weight is 309 g/mol. The first-order chi connectivity index (χ1) is 10.1. The summed E-state index contributed by atoms with van der Waals surface area (Å²) in [5, 5.41) is 11.1. The standard InChI is InChI=1S/C15H19NO4S/c17-14(10-3-4-11(8-10)15(18)19)16-5-6-20-12(9-16)13-2-1-7-21-13/h1-2,7,10-12H,3-6,8-9H2,(H,18,19)/t10-,11+,12?/m0/s1. The van der Waals surface area contributed by atoms with Crippen LogP contribution in [0.4, 0.5) is 0 Å². The van der Waals surface area contributed by atoms with Gasteiger partial charge in [0.1, 0.15) is 6.10 Å². The Hall–Kier alpha value is -1.40. The molecule has 1 saturated carbocycles. The molecule has 21 heavy (non-hydrogen) atoms. The molecule has 1 aromatic rings. The second-order valence-electron chi connectivity index (χ2n) is 5.70. The van der Waals surface area contributed by atoms with Crippen LogP contribution in [0.3, 0.4) is 0 Å². The molecule has 1 saturated heterocycles. The molecule has 2 heterocycles. The van der Waals surface area contributed by atoms with Crippen LogP contribution in [-0.2, 0) is 14.3 Å². The molecule has 2 fully saturated rings. The van der Waals surface area contributed by atoms with Crippen molar-refractivity contribution in [1.82, 2.24) is 4.90 Å². The van der Waals surface area contributed by atoms with Crippen LogP contribution in [0, 0.1) is 11.8 Å². The highest BCUT2D eigenvalue weighted by molar-refractivity contribution is 7.10. The van der Waals surface area contributed by atoms with Crippen LogP contribution >= 0.6 is 11.3 Å². The summed E-state index contributed by atoms with van der Waals surface area (Å²) in [6.07, 6.45) is 1.75. The van der Waals surface area contributed by atoms with Gasteiger partial charge in [0.25, 0.3) is 0 Å². The molecule has 0 aromatic carbocycles. The summed E-state index contributed by atoms with van der Waals surface area (Å²) in [5.41, 5.74) is 0. The van der Waals surface area contributed by atoms with Gasteiger partial charge in [-0.1, -0.05) is 6.07 Å². The van der Waals surface area contributed by atoms with Gasteiger partial charge >= 0.3 is 5.97 Å². The third kappa shape index (κ3) is 3.11. The Morgan fingerprint density at radius 3 is 2.81 bits per heavy atom. The van der Waals surface area contributed by atoms with Crippen LogP contribution in [0.25, 0.3) is 0 Å². The SMILES string of the molecule is O=C(O)[C@@H]1CC[C@H](C(=O)N2CCOC(c3cccs3)C2)C1. The van der Waals surface area contributed by atoms with Gasteiger partial charge in [0.15, 0.2) is 0 Å². The summed E-state index contributed by atoms with van der Waals surface area (Å²) < 4.78 is 5.75. The molecule has 0 radical (unpaired) electrons. The van der Waals surface area contributed by atoms with Gasteiger partial charge in [-0.25, -0.2) is 0 Å². The highest BCUT2D eigenvalue weighted by Crippen LogP contribution is 2.34. The minimum atomic E-state index is -0.774. The number of carbonyl (C=O) groups is 2. The number of carbonyl (C=O) groups excluding carboxylic acids is 1. The van der Waals surface area contributed by atoms with Crippen molar-refractivity contribution in [1.29, 1.82) is 0 Å². The molecule has 1 amide bonds. The number of amides is 1. The van der Waals surface area contributed by atoms with E-state index in [1.54, 1.807) is 11.3 Å². The number of aliphatic carboxylic acids is 1. The third-order valence-electron chi connectivity index (χ3n) is 4.37. The molecule has 1 N–H and O–H groups in total. The molecule has 1 unspecified atom stereocenters. The molecule has 1 aliphatic heterocycles. The van der Waals surface area contributed by atoms with Crippen molar-refractivity contribution >= 4 is 23.2 Å². The summed E-state index contributed by atoms with van der Waals surface area (Å²) in [6, 6.07) is 4.01. The largest absolute Gasteiger partial charge is 0.481 e. The zero-order chi connectivity index (χ0) is 14.8. The molecule has 0 spiro atoms. The normalized spacial score (nSPS) is 29.5. The fraction of sp³-hybridized carbons (Fsp3) is 0.600. The number of hydrogen-bond donors (Lipinski definition) is 1. The Kier molecular flexibility index (Phi) is 4.26. The first-order valence-corrected chi connectivity index (χ1v) is 8.19. The molecule has 3 rings (SSSR count). The minimum absolute atomic E-state index is 0.0422. The second-order valence-corrected chi connectivity index (χ2v) is 6.68. The molecule has 2 aliphatic rings. The Labute approximate surface area is 127 Å². The predicted molar refractivity (Wildman–Crippen MR) is 78.1 cm³/mol. The maximum absolute atomic E-state index is 12.6. The van der Waals surface area contributed by atoms with Crippen molar-refractivity contribution in [3.8, 4) is 0 Å².